The predicted octanol–water partition coefficient (Wildman–Crippen LogP) is 3.30. The first-order valence-electron chi connectivity index (χ1n) is 9.33. The van der Waals surface area contributed by atoms with Crippen LogP contribution in [-0.4, -0.2) is 21.1 Å². The maximum Gasteiger partial charge on any atom is 0.329 e. The third-order valence-electron chi connectivity index (χ3n) is 5.11. The molecule has 0 aliphatic heterocycles. The second-order valence-electron chi connectivity index (χ2n) is 6.99. The first-order chi connectivity index (χ1) is 13.1. The van der Waals surface area contributed by atoms with Gasteiger partial charge in [0.25, 0.3) is 0 Å². The molecule has 4 rings (SSSR count). The van der Waals surface area contributed by atoms with Gasteiger partial charge in [-0.3, -0.25) is 13.9 Å². The number of ether oxygens (including phenoxy) is 1. The van der Waals surface area contributed by atoms with E-state index in [9.17, 15) is 9.59 Å². The SMILES string of the molecule is Cn1c(=O)n(CC(=O)Nc2ccccc2OC2CCCC2)c2ccccc21. The number of aromatic nitrogens is 2. The van der Waals surface area contributed by atoms with Crippen LogP contribution in [0.2, 0.25) is 0 Å². The number of rotatable bonds is 5. The van der Waals surface area contributed by atoms with Gasteiger partial charge in [-0.15, -0.1) is 0 Å². The summed E-state index contributed by atoms with van der Waals surface area (Å²) in [7, 11) is 1.71. The first kappa shape index (κ1) is 17.4. The van der Waals surface area contributed by atoms with Gasteiger partial charge in [0.1, 0.15) is 12.3 Å². The van der Waals surface area contributed by atoms with E-state index in [0.29, 0.717) is 11.4 Å². The van der Waals surface area contributed by atoms with Crippen molar-refractivity contribution in [1.82, 2.24) is 9.13 Å². The molecule has 0 radical (unpaired) electrons. The van der Waals surface area contributed by atoms with Crippen LogP contribution in [0.4, 0.5) is 5.69 Å². The Kier molecular flexibility index (Phi) is 4.71. The maximum atomic E-state index is 12.6. The summed E-state index contributed by atoms with van der Waals surface area (Å²) in [5.41, 5.74) is 1.99. The minimum atomic E-state index is -0.254. The average Bonchev–Trinajstić information content (AvgIpc) is 3.27. The van der Waals surface area contributed by atoms with Gasteiger partial charge in [-0.05, 0) is 49.9 Å². The molecule has 2 aromatic carbocycles. The Morgan fingerprint density at radius 3 is 2.52 bits per heavy atom. The molecule has 27 heavy (non-hydrogen) atoms. The summed E-state index contributed by atoms with van der Waals surface area (Å²) in [6.07, 6.45) is 4.68. The number of aryl methyl sites for hydroxylation is 1. The summed E-state index contributed by atoms with van der Waals surface area (Å²) < 4.78 is 9.11. The van der Waals surface area contributed by atoms with E-state index in [0.717, 1.165) is 23.9 Å². The fourth-order valence-electron chi connectivity index (χ4n) is 3.71. The van der Waals surface area contributed by atoms with Crippen molar-refractivity contribution in [2.24, 2.45) is 7.05 Å². The largest absolute Gasteiger partial charge is 0.488 e. The van der Waals surface area contributed by atoms with Crippen molar-refractivity contribution in [3.63, 3.8) is 0 Å². The molecule has 0 unspecified atom stereocenters. The molecule has 0 bridgehead atoms. The Bertz CT molecular complexity index is 1030. The number of anilines is 1. The standard InChI is InChI=1S/C21H23N3O3/c1-23-17-11-5-6-12-18(17)24(21(23)26)14-20(25)22-16-10-4-7-13-19(16)27-15-8-2-3-9-15/h4-7,10-13,15H,2-3,8-9,14H2,1H3,(H,22,25). The molecular weight excluding hydrogens is 342 g/mol. The Morgan fingerprint density at radius 1 is 1.07 bits per heavy atom. The normalized spacial score (nSPS) is 14.6. The van der Waals surface area contributed by atoms with E-state index in [-0.39, 0.29) is 24.2 Å². The zero-order chi connectivity index (χ0) is 18.8. The van der Waals surface area contributed by atoms with Gasteiger partial charge in [0.15, 0.2) is 0 Å². The molecule has 1 heterocycles. The average molecular weight is 365 g/mol. The van der Waals surface area contributed by atoms with Crippen molar-refractivity contribution < 1.29 is 9.53 Å². The number of nitrogens with one attached hydrogen (secondary N) is 1. The van der Waals surface area contributed by atoms with Crippen molar-refractivity contribution in [2.45, 2.75) is 38.3 Å². The van der Waals surface area contributed by atoms with Crippen molar-refractivity contribution in [1.29, 1.82) is 0 Å². The number of imidazole rings is 1. The molecule has 6 nitrogen and oxygen atoms in total. The number of fused-ring (bicyclic) bond motifs is 1. The minimum Gasteiger partial charge on any atom is -0.488 e. The predicted molar refractivity (Wildman–Crippen MR) is 105 cm³/mol. The van der Waals surface area contributed by atoms with Crippen LogP contribution in [0.25, 0.3) is 11.0 Å². The summed E-state index contributed by atoms with van der Waals surface area (Å²) in [5, 5.41) is 2.90. The molecule has 1 fully saturated rings. The highest BCUT2D eigenvalue weighted by atomic mass is 16.5. The summed E-state index contributed by atoms with van der Waals surface area (Å²) in [6.45, 7) is -0.0437. The summed E-state index contributed by atoms with van der Waals surface area (Å²) in [6, 6.07) is 14.9. The van der Waals surface area contributed by atoms with E-state index in [1.807, 2.05) is 48.5 Å². The molecule has 1 aliphatic rings. The molecule has 6 heteroatoms. The number of para-hydroxylation sites is 4. The van der Waals surface area contributed by atoms with Crippen molar-refractivity contribution >= 4 is 22.6 Å². The molecule has 140 valence electrons. The molecular formula is C21H23N3O3. The van der Waals surface area contributed by atoms with Gasteiger partial charge < -0.3 is 10.1 Å². The van der Waals surface area contributed by atoms with E-state index in [1.54, 1.807) is 11.6 Å². The highest BCUT2D eigenvalue weighted by Gasteiger charge is 2.19. The Balaban J connectivity index is 1.54. The van der Waals surface area contributed by atoms with Crippen LogP contribution in [0.5, 0.6) is 5.75 Å². The van der Waals surface area contributed by atoms with Gasteiger partial charge in [-0.25, -0.2) is 4.79 Å². The van der Waals surface area contributed by atoms with Gasteiger partial charge in [0.05, 0.1) is 22.8 Å². The number of hydrogen-bond acceptors (Lipinski definition) is 3. The van der Waals surface area contributed by atoms with E-state index >= 15 is 0 Å². The Labute approximate surface area is 157 Å². The van der Waals surface area contributed by atoms with Crippen LogP contribution in [0.15, 0.2) is 53.3 Å². The quantitative estimate of drug-likeness (QED) is 0.754. The minimum absolute atomic E-state index is 0.0437. The second-order valence-corrected chi connectivity index (χ2v) is 6.99. The highest BCUT2D eigenvalue weighted by molar-refractivity contribution is 5.93. The zero-order valence-corrected chi connectivity index (χ0v) is 15.4. The lowest BCUT2D eigenvalue weighted by atomic mass is 10.2. The molecule has 0 atom stereocenters. The van der Waals surface area contributed by atoms with Crippen LogP contribution in [-0.2, 0) is 18.4 Å². The fraction of sp³-hybridized carbons (Fsp3) is 0.333. The van der Waals surface area contributed by atoms with Crippen LogP contribution < -0.4 is 15.7 Å². The Hall–Kier alpha value is -3.02. The van der Waals surface area contributed by atoms with Gasteiger partial charge in [-0.1, -0.05) is 24.3 Å². The molecule has 1 N–H and O–H groups in total. The molecule has 1 saturated carbocycles. The summed E-state index contributed by atoms with van der Waals surface area (Å²) >= 11 is 0. The lowest BCUT2D eigenvalue weighted by Gasteiger charge is -2.17. The number of hydrogen-bond donors (Lipinski definition) is 1. The van der Waals surface area contributed by atoms with Crippen LogP contribution >= 0.6 is 0 Å². The maximum absolute atomic E-state index is 12.6. The van der Waals surface area contributed by atoms with Gasteiger partial charge in [0.2, 0.25) is 5.91 Å². The third-order valence-corrected chi connectivity index (χ3v) is 5.11. The van der Waals surface area contributed by atoms with E-state index < -0.39 is 0 Å². The highest BCUT2D eigenvalue weighted by Crippen LogP contribution is 2.29. The number of nitrogens with zero attached hydrogens (tertiary/aromatic N) is 2. The number of carbonyl (C=O) groups excluding carboxylic acids is 1. The number of amides is 1. The lowest BCUT2D eigenvalue weighted by Crippen LogP contribution is -2.28. The molecule has 0 saturated heterocycles. The van der Waals surface area contributed by atoms with Crippen molar-refractivity contribution in [2.75, 3.05) is 5.32 Å². The second kappa shape index (κ2) is 7.31. The van der Waals surface area contributed by atoms with Gasteiger partial charge >= 0.3 is 5.69 Å². The van der Waals surface area contributed by atoms with Crippen molar-refractivity contribution in [3.8, 4) is 5.75 Å². The molecule has 3 aromatic rings. The van der Waals surface area contributed by atoms with Gasteiger partial charge in [0, 0.05) is 7.05 Å². The third kappa shape index (κ3) is 3.47. The summed E-state index contributed by atoms with van der Waals surface area (Å²) in [5.74, 6) is 0.430. The Morgan fingerprint density at radius 2 is 1.74 bits per heavy atom. The monoisotopic (exact) mass is 365 g/mol. The smallest absolute Gasteiger partial charge is 0.329 e. The number of benzene rings is 2. The fourth-order valence-corrected chi connectivity index (χ4v) is 3.71. The summed E-state index contributed by atoms with van der Waals surface area (Å²) in [4.78, 5) is 25.1. The van der Waals surface area contributed by atoms with Crippen LogP contribution in [0.3, 0.4) is 0 Å². The lowest BCUT2D eigenvalue weighted by molar-refractivity contribution is -0.116. The van der Waals surface area contributed by atoms with Crippen molar-refractivity contribution in [3.05, 3.63) is 59.0 Å². The van der Waals surface area contributed by atoms with Gasteiger partial charge in [-0.2, -0.15) is 0 Å². The number of carbonyl (C=O) groups is 1. The van der Waals surface area contributed by atoms with E-state index in [1.165, 1.54) is 17.4 Å². The van der Waals surface area contributed by atoms with E-state index in [2.05, 4.69) is 5.32 Å². The van der Waals surface area contributed by atoms with Crippen LogP contribution in [0, 0.1) is 0 Å². The van der Waals surface area contributed by atoms with E-state index in [4.69, 9.17) is 4.74 Å². The topological polar surface area (TPSA) is 65.3 Å². The molecule has 1 aromatic heterocycles. The molecule has 1 amide bonds. The molecule has 1 aliphatic carbocycles. The first-order valence-corrected chi connectivity index (χ1v) is 9.33. The molecule has 0 spiro atoms. The zero-order valence-electron chi connectivity index (χ0n) is 15.4. The van der Waals surface area contributed by atoms with Crippen LogP contribution in [0.1, 0.15) is 25.7 Å².